The van der Waals surface area contributed by atoms with Gasteiger partial charge in [0.05, 0.1) is 29.7 Å². The van der Waals surface area contributed by atoms with Crippen LogP contribution in [0.1, 0.15) is 0 Å². The van der Waals surface area contributed by atoms with Gasteiger partial charge in [-0.2, -0.15) is 16.8 Å². The zero-order valence-electron chi connectivity index (χ0n) is 11.2. The predicted molar refractivity (Wildman–Crippen MR) is 76.3 cm³/mol. The van der Waals surface area contributed by atoms with Crippen LogP contribution in [0.5, 0.6) is 0 Å². The number of carbonyl (C=O) groups is 1. The van der Waals surface area contributed by atoms with E-state index in [1.165, 1.54) is 0 Å². The summed E-state index contributed by atoms with van der Waals surface area (Å²) in [7, 11) is -7.92. The third-order valence-electron chi connectivity index (χ3n) is 3.52. The van der Waals surface area contributed by atoms with Crippen LogP contribution in [0.25, 0.3) is 0 Å². The quantitative estimate of drug-likeness (QED) is 0.468. The van der Waals surface area contributed by atoms with Gasteiger partial charge in [-0.05, 0) is 6.08 Å². The van der Waals surface area contributed by atoms with Crippen LogP contribution >= 0.6 is 0 Å². The molecule has 1 fully saturated rings. The highest BCUT2D eigenvalue weighted by Crippen LogP contribution is 2.43. The lowest BCUT2D eigenvalue weighted by atomic mass is 10.0. The molecule has 0 aromatic rings. The molecule has 1 saturated heterocycles. The molecule has 0 aromatic heterocycles. The molecule has 0 radical (unpaired) electrons. The molecule has 120 valence electrons. The molecule has 13 heteroatoms. The van der Waals surface area contributed by atoms with Gasteiger partial charge >= 0.3 is 5.17 Å². The van der Waals surface area contributed by atoms with Gasteiger partial charge in [0.15, 0.2) is 10.9 Å². The molecule has 3 aliphatic rings. The van der Waals surface area contributed by atoms with Crippen LogP contribution in [0.3, 0.4) is 0 Å². The lowest BCUT2D eigenvalue weighted by molar-refractivity contribution is -0.803. The number of hydrogen-bond donors (Lipinski definition) is 2. The minimum atomic E-state index is -5.14. The molecule has 0 saturated carbocycles. The number of fused-ring (bicyclic) bond motifs is 3. The molecule has 2 atom stereocenters. The molecule has 2 heterocycles. The zero-order valence-corrected chi connectivity index (χ0v) is 13.6. The Morgan fingerprint density at radius 1 is 1.18 bits per heavy atom. The van der Waals surface area contributed by atoms with Crippen molar-refractivity contribution in [3.8, 4) is 0 Å². The number of allylic oxidation sites excluding steroid dienone is 1. The Bertz CT molecular complexity index is 966. The van der Waals surface area contributed by atoms with E-state index in [9.17, 15) is 30.7 Å². The first kappa shape index (κ1) is 15.6. The topological polar surface area (TPSA) is 151 Å². The predicted octanol–water partition coefficient (Wildman–Crippen LogP) is -1.01. The Morgan fingerprint density at radius 2 is 1.77 bits per heavy atom. The third kappa shape index (κ3) is 1.90. The van der Waals surface area contributed by atoms with Crippen molar-refractivity contribution in [2.45, 2.75) is 6.04 Å². The van der Waals surface area contributed by atoms with Crippen LogP contribution < -0.4 is 0 Å². The van der Waals surface area contributed by atoms with Crippen molar-refractivity contribution in [3.63, 3.8) is 0 Å². The molecule has 2 N–H and O–H groups in total. The van der Waals surface area contributed by atoms with Crippen LogP contribution in [0, 0.1) is 0 Å². The van der Waals surface area contributed by atoms with Crippen LogP contribution in [0.2, 0.25) is 0 Å². The second-order valence-electron chi connectivity index (χ2n) is 5.25. The number of hydrogen-bond acceptors (Lipinski definition) is 7. The minimum Gasteiger partial charge on any atom is -0.286 e. The van der Waals surface area contributed by atoms with Crippen molar-refractivity contribution in [3.05, 3.63) is 20.8 Å². The van der Waals surface area contributed by atoms with E-state index >= 15 is 0 Å². The second-order valence-corrected chi connectivity index (χ2v) is 9.56. The van der Waals surface area contributed by atoms with E-state index < -0.39 is 52.6 Å². The average molecular weight is 368 g/mol. The molecule has 3 rings (SSSR count). The van der Waals surface area contributed by atoms with Gasteiger partial charge < -0.3 is 0 Å². The fourth-order valence-electron chi connectivity index (χ4n) is 2.59. The normalized spacial score (nSPS) is 29.9. The first-order chi connectivity index (χ1) is 9.87. The number of rotatable bonds is 2. The van der Waals surface area contributed by atoms with E-state index in [2.05, 4.69) is 9.57 Å². The maximum absolute atomic E-state index is 12.5. The van der Waals surface area contributed by atoms with Gasteiger partial charge in [-0.15, -0.1) is 4.47 Å². The van der Waals surface area contributed by atoms with Crippen LogP contribution in [-0.4, -0.2) is 61.5 Å². The molecule has 10 nitrogen and oxygen atoms in total. The van der Waals surface area contributed by atoms with Crippen LogP contribution in [0.4, 0.5) is 0 Å². The van der Waals surface area contributed by atoms with Crippen molar-refractivity contribution in [1.82, 2.24) is 0 Å². The molecule has 1 aliphatic carbocycles. The van der Waals surface area contributed by atoms with Crippen molar-refractivity contribution < 1.29 is 35.2 Å². The summed E-state index contributed by atoms with van der Waals surface area (Å²) in [6.45, 7) is 0. The smallest absolute Gasteiger partial charge is 0.286 e. The van der Waals surface area contributed by atoms with E-state index in [-0.39, 0.29) is 9.39 Å². The van der Waals surface area contributed by atoms with Gasteiger partial charge in [-0.3, -0.25) is 18.4 Å². The fourth-order valence-corrected chi connectivity index (χ4v) is 6.49. The van der Waals surface area contributed by atoms with Gasteiger partial charge in [0.25, 0.3) is 20.2 Å². The summed E-state index contributed by atoms with van der Waals surface area (Å²) in [4.78, 5) is 10.3. The molecular formula is C9H10N3O7S3+. The Hall–Kier alpha value is -1.25. The number of ketones is 1. The third-order valence-corrected chi connectivity index (χ3v) is 7.39. The fraction of sp³-hybridized carbons (Fsp3) is 0.333. The highest BCUT2D eigenvalue weighted by molar-refractivity contribution is 8.07. The Labute approximate surface area is 128 Å². The van der Waals surface area contributed by atoms with Crippen molar-refractivity contribution >= 4 is 41.9 Å². The maximum atomic E-state index is 12.5. The minimum absolute atomic E-state index is 0.116. The first-order valence-electron chi connectivity index (χ1n) is 5.69. The van der Waals surface area contributed by atoms with Crippen molar-refractivity contribution in [2.24, 2.45) is 9.57 Å². The van der Waals surface area contributed by atoms with Crippen LogP contribution in [-0.2, 0) is 35.7 Å². The number of carbonyl (C=O) groups excluding carboxylic acids is 1. The van der Waals surface area contributed by atoms with Crippen molar-refractivity contribution in [1.29, 1.82) is 0 Å². The molecule has 0 aromatic carbocycles. The SMILES string of the molecule is C[N+]1(C)C2=NN=S2C2=CC(S(=O)(=O)O)=C(S(=O)(=O)O)C(=O)C21. The van der Waals surface area contributed by atoms with Crippen molar-refractivity contribution in [2.75, 3.05) is 14.1 Å². The van der Waals surface area contributed by atoms with Gasteiger partial charge in [0, 0.05) is 0 Å². The molecule has 22 heavy (non-hydrogen) atoms. The monoisotopic (exact) mass is 368 g/mol. The standard InChI is InChI=1S/C9H9N3O7S3/c1-12(2)6-4(20-9(12)10-11-20)3-5(21(14,15)16)8(7(6)13)22(17,18)19/h3,6H,1-2H3,(H-,14,15,16,17,18,19)/p+1. The van der Waals surface area contributed by atoms with Gasteiger partial charge in [0.1, 0.15) is 4.91 Å². The Balaban J connectivity index is 2.37. The zero-order chi connectivity index (χ0) is 16.7. The summed E-state index contributed by atoms with van der Waals surface area (Å²) < 4.78 is 67.8. The summed E-state index contributed by atoms with van der Waals surface area (Å²) in [5, 5.41) is 4.30. The maximum Gasteiger partial charge on any atom is 0.300 e. The largest absolute Gasteiger partial charge is 0.300 e. The van der Waals surface area contributed by atoms with E-state index in [1.807, 2.05) is 0 Å². The highest BCUT2D eigenvalue weighted by Gasteiger charge is 2.60. The number of Topliss-reactive ketones (excluding diaryl/α,β-unsaturated/α-hetero) is 1. The van der Waals surface area contributed by atoms with Gasteiger partial charge in [-0.1, -0.05) is 5.10 Å². The van der Waals surface area contributed by atoms with E-state index in [0.29, 0.717) is 5.17 Å². The number of nitrogens with zero attached hydrogens (tertiary/aromatic N) is 3. The number of quaternary nitrogens is 1. The van der Waals surface area contributed by atoms with Crippen LogP contribution in [0.15, 0.2) is 30.4 Å². The Morgan fingerprint density at radius 3 is 2.18 bits per heavy atom. The number of amidine groups is 1. The summed E-state index contributed by atoms with van der Waals surface area (Å²) in [6.07, 6.45) is 0.888. The first-order valence-corrected chi connectivity index (χ1v) is 9.75. The lowest BCUT2D eigenvalue weighted by Gasteiger charge is -2.30. The highest BCUT2D eigenvalue weighted by atomic mass is 32.2. The molecule has 2 unspecified atom stereocenters. The molecule has 0 spiro atoms. The summed E-state index contributed by atoms with van der Waals surface area (Å²) in [6, 6.07) is -1.06. The summed E-state index contributed by atoms with van der Waals surface area (Å²) >= 11 is 0. The Kier molecular flexibility index (Phi) is 2.97. The number of likely N-dealkylation sites (N-methyl/N-ethyl adjacent to an activating group) is 1. The summed E-state index contributed by atoms with van der Waals surface area (Å²) in [5.74, 6) is -1.11. The van der Waals surface area contributed by atoms with Gasteiger partial charge in [0.2, 0.25) is 5.78 Å². The molecular weight excluding hydrogens is 358 g/mol. The lowest BCUT2D eigenvalue weighted by Crippen LogP contribution is -2.53. The second kappa shape index (κ2) is 4.18. The molecule has 0 amide bonds. The average Bonchev–Trinajstić information content (AvgIpc) is 2.36. The summed E-state index contributed by atoms with van der Waals surface area (Å²) in [5.41, 5.74) is 0. The van der Waals surface area contributed by atoms with E-state index in [1.54, 1.807) is 14.1 Å². The molecule has 2 aliphatic heterocycles. The van der Waals surface area contributed by atoms with E-state index in [4.69, 9.17) is 0 Å². The van der Waals surface area contributed by atoms with Gasteiger partial charge in [-0.25, -0.2) is 0 Å². The molecule has 0 bridgehead atoms. The van der Waals surface area contributed by atoms with E-state index in [0.717, 1.165) is 6.08 Å².